The number of hydrogen-bond acceptors (Lipinski definition) is 4. The van der Waals surface area contributed by atoms with E-state index < -0.39 is 0 Å². The van der Waals surface area contributed by atoms with E-state index in [2.05, 4.69) is 12.2 Å². The number of hydrogen-bond donors (Lipinski definition) is 2. The summed E-state index contributed by atoms with van der Waals surface area (Å²) >= 11 is 6.00. The van der Waals surface area contributed by atoms with Gasteiger partial charge in [0.25, 0.3) is 0 Å². The number of fused-ring (bicyclic) bond motifs is 1. The second-order valence-electron chi connectivity index (χ2n) is 4.99. The standard InChI is InChI=1S/C16H16ClNO3/c1-10(11-3-2-4-13(17)5-11)18-8-12-6-15-16(7-14(12)19)21-9-20-15/h2-7,10,18-19H,8-9H2,1H3. The lowest BCUT2D eigenvalue weighted by atomic mass is 10.1. The van der Waals surface area contributed by atoms with Crippen molar-refractivity contribution in [3.05, 3.63) is 52.5 Å². The zero-order chi connectivity index (χ0) is 14.8. The highest BCUT2D eigenvalue weighted by Gasteiger charge is 2.17. The van der Waals surface area contributed by atoms with Gasteiger partial charge in [0.05, 0.1) is 0 Å². The van der Waals surface area contributed by atoms with Crippen molar-refractivity contribution >= 4 is 11.6 Å². The van der Waals surface area contributed by atoms with Gasteiger partial charge in [-0.25, -0.2) is 0 Å². The van der Waals surface area contributed by atoms with Gasteiger partial charge in [-0.2, -0.15) is 0 Å². The van der Waals surface area contributed by atoms with Gasteiger partial charge in [-0.1, -0.05) is 23.7 Å². The Bertz CT molecular complexity index is 660. The fourth-order valence-corrected chi connectivity index (χ4v) is 2.47. The SMILES string of the molecule is CC(NCc1cc2c(cc1O)OCO2)c1cccc(Cl)c1. The Labute approximate surface area is 128 Å². The van der Waals surface area contributed by atoms with Crippen LogP contribution in [-0.4, -0.2) is 11.9 Å². The van der Waals surface area contributed by atoms with E-state index in [-0.39, 0.29) is 18.6 Å². The second-order valence-corrected chi connectivity index (χ2v) is 5.43. The maximum Gasteiger partial charge on any atom is 0.231 e. The minimum Gasteiger partial charge on any atom is -0.507 e. The van der Waals surface area contributed by atoms with E-state index in [0.29, 0.717) is 23.1 Å². The van der Waals surface area contributed by atoms with Crippen LogP contribution >= 0.6 is 11.6 Å². The van der Waals surface area contributed by atoms with E-state index in [4.69, 9.17) is 21.1 Å². The van der Waals surface area contributed by atoms with Crippen LogP contribution in [0.2, 0.25) is 5.02 Å². The number of rotatable bonds is 4. The summed E-state index contributed by atoms with van der Waals surface area (Å²) in [6.07, 6.45) is 0. The molecule has 1 aliphatic rings. The van der Waals surface area contributed by atoms with E-state index in [1.54, 1.807) is 12.1 Å². The average molecular weight is 306 g/mol. The normalized spacial score (nSPS) is 14.2. The molecule has 2 N–H and O–H groups in total. The topological polar surface area (TPSA) is 50.7 Å². The van der Waals surface area contributed by atoms with Gasteiger partial charge in [0.15, 0.2) is 11.5 Å². The van der Waals surface area contributed by atoms with Crippen LogP contribution in [0.15, 0.2) is 36.4 Å². The molecule has 110 valence electrons. The third-order valence-electron chi connectivity index (χ3n) is 3.52. The van der Waals surface area contributed by atoms with Crippen molar-refractivity contribution < 1.29 is 14.6 Å². The van der Waals surface area contributed by atoms with Gasteiger partial charge in [-0.05, 0) is 30.7 Å². The first-order valence-electron chi connectivity index (χ1n) is 6.74. The van der Waals surface area contributed by atoms with Gasteiger partial charge in [-0.3, -0.25) is 0 Å². The maximum atomic E-state index is 10.0. The highest BCUT2D eigenvalue weighted by atomic mass is 35.5. The second kappa shape index (κ2) is 5.84. The van der Waals surface area contributed by atoms with Gasteiger partial charge in [0.1, 0.15) is 5.75 Å². The smallest absolute Gasteiger partial charge is 0.231 e. The molecule has 2 aromatic carbocycles. The van der Waals surface area contributed by atoms with Crippen molar-refractivity contribution in [2.24, 2.45) is 0 Å². The van der Waals surface area contributed by atoms with Crippen LogP contribution in [0, 0.1) is 0 Å². The van der Waals surface area contributed by atoms with Gasteiger partial charge < -0.3 is 19.9 Å². The first-order chi connectivity index (χ1) is 10.1. The number of benzene rings is 2. The Morgan fingerprint density at radius 1 is 1.24 bits per heavy atom. The van der Waals surface area contributed by atoms with Gasteiger partial charge in [0, 0.05) is 29.2 Å². The summed E-state index contributed by atoms with van der Waals surface area (Å²) in [6, 6.07) is 11.2. The lowest BCUT2D eigenvalue weighted by molar-refractivity contribution is 0.174. The lowest BCUT2D eigenvalue weighted by Gasteiger charge is -2.15. The summed E-state index contributed by atoms with van der Waals surface area (Å²) in [5, 5.41) is 14.1. The molecule has 0 spiro atoms. The third kappa shape index (κ3) is 3.06. The van der Waals surface area contributed by atoms with E-state index in [1.165, 1.54) is 0 Å². The molecule has 0 saturated carbocycles. The van der Waals surface area contributed by atoms with Crippen LogP contribution in [0.4, 0.5) is 0 Å². The van der Waals surface area contributed by atoms with Gasteiger partial charge in [-0.15, -0.1) is 0 Å². The molecule has 0 saturated heterocycles. The molecule has 0 radical (unpaired) electrons. The van der Waals surface area contributed by atoms with Crippen molar-refractivity contribution in [3.8, 4) is 17.2 Å². The molecule has 0 amide bonds. The quantitative estimate of drug-likeness (QED) is 0.906. The van der Waals surface area contributed by atoms with Crippen LogP contribution < -0.4 is 14.8 Å². The van der Waals surface area contributed by atoms with Crippen molar-refractivity contribution in [2.45, 2.75) is 19.5 Å². The van der Waals surface area contributed by atoms with E-state index in [9.17, 15) is 5.11 Å². The molecular formula is C16H16ClNO3. The van der Waals surface area contributed by atoms with Crippen LogP contribution in [-0.2, 0) is 6.54 Å². The van der Waals surface area contributed by atoms with Crippen LogP contribution in [0.1, 0.15) is 24.1 Å². The number of halogens is 1. The van der Waals surface area contributed by atoms with Crippen molar-refractivity contribution in [1.29, 1.82) is 0 Å². The zero-order valence-corrected chi connectivity index (χ0v) is 12.4. The molecular weight excluding hydrogens is 290 g/mol. The number of phenols is 1. The van der Waals surface area contributed by atoms with Gasteiger partial charge in [0.2, 0.25) is 6.79 Å². The summed E-state index contributed by atoms with van der Waals surface area (Å²) < 4.78 is 10.5. The molecule has 1 unspecified atom stereocenters. The van der Waals surface area contributed by atoms with Crippen molar-refractivity contribution in [2.75, 3.05) is 6.79 Å². The van der Waals surface area contributed by atoms with Crippen molar-refractivity contribution in [3.63, 3.8) is 0 Å². The van der Waals surface area contributed by atoms with E-state index >= 15 is 0 Å². The highest BCUT2D eigenvalue weighted by Crippen LogP contribution is 2.37. The first kappa shape index (κ1) is 14.0. The number of phenolic OH excluding ortho intramolecular Hbond substituents is 1. The minimum absolute atomic E-state index is 0.119. The number of ether oxygens (including phenoxy) is 2. The van der Waals surface area contributed by atoms with Crippen LogP contribution in [0.3, 0.4) is 0 Å². The maximum absolute atomic E-state index is 10.0. The Kier molecular flexibility index (Phi) is 3.90. The number of aromatic hydroxyl groups is 1. The monoisotopic (exact) mass is 305 g/mol. The zero-order valence-electron chi connectivity index (χ0n) is 11.6. The van der Waals surface area contributed by atoms with Crippen LogP contribution in [0.25, 0.3) is 0 Å². The Balaban J connectivity index is 1.70. The third-order valence-corrected chi connectivity index (χ3v) is 3.76. The minimum atomic E-state index is 0.119. The van der Waals surface area contributed by atoms with E-state index in [0.717, 1.165) is 11.1 Å². The molecule has 0 bridgehead atoms. The van der Waals surface area contributed by atoms with Crippen LogP contribution in [0.5, 0.6) is 17.2 Å². The predicted molar refractivity (Wildman–Crippen MR) is 80.9 cm³/mol. The number of nitrogens with one attached hydrogen (secondary N) is 1. The molecule has 5 heteroatoms. The molecule has 2 aromatic rings. The fourth-order valence-electron chi connectivity index (χ4n) is 2.27. The summed E-state index contributed by atoms with van der Waals surface area (Å²) in [7, 11) is 0. The van der Waals surface area contributed by atoms with Crippen molar-refractivity contribution in [1.82, 2.24) is 5.32 Å². The molecule has 0 aliphatic carbocycles. The Morgan fingerprint density at radius 2 is 2.00 bits per heavy atom. The summed E-state index contributed by atoms with van der Waals surface area (Å²) in [5.41, 5.74) is 1.87. The highest BCUT2D eigenvalue weighted by molar-refractivity contribution is 6.30. The average Bonchev–Trinajstić information content (AvgIpc) is 2.91. The largest absolute Gasteiger partial charge is 0.507 e. The molecule has 0 aromatic heterocycles. The Morgan fingerprint density at radius 3 is 2.76 bits per heavy atom. The molecule has 1 atom stereocenters. The molecule has 4 nitrogen and oxygen atoms in total. The van der Waals surface area contributed by atoms with E-state index in [1.807, 2.05) is 24.3 Å². The van der Waals surface area contributed by atoms with Gasteiger partial charge >= 0.3 is 0 Å². The molecule has 1 heterocycles. The predicted octanol–water partition coefficient (Wildman–Crippen LogP) is 3.63. The fraction of sp³-hybridized carbons (Fsp3) is 0.250. The molecule has 21 heavy (non-hydrogen) atoms. The summed E-state index contributed by atoms with van der Waals surface area (Å²) in [4.78, 5) is 0. The lowest BCUT2D eigenvalue weighted by Crippen LogP contribution is -2.18. The Hall–Kier alpha value is -1.91. The molecule has 0 fully saturated rings. The molecule has 1 aliphatic heterocycles. The first-order valence-corrected chi connectivity index (χ1v) is 7.11. The summed E-state index contributed by atoms with van der Waals surface area (Å²) in [6.45, 7) is 2.77. The molecule has 3 rings (SSSR count). The summed E-state index contributed by atoms with van der Waals surface area (Å²) in [5.74, 6) is 1.45.